The van der Waals surface area contributed by atoms with Crippen LogP contribution in [0.15, 0.2) is 53.6 Å². The van der Waals surface area contributed by atoms with Gasteiger partial charge in [-0.05, 0) is 48.1 Å². The predicted molar refractivity (Wildman–Crippen MR) is 175 cm³/mol. The molecule has 0 spiro atoms. The van der Waals surface area contributed by atoms with Gasteiger partial charge in [0.25, 0.3) is 5.91 Å². The predicted octanol–water partition coefficient (Wildman–Crippen LogP) is 10.6. The van der Waals surface area contributed by atoms with Crippen LogP contribution in [0.3, 0.4) is 0 Å². The highest BCUT2D eigenvalue weighted by atomic mass is 79.9. The number of nitrogens with one attached hydrogen (secondary N) is 1. The first-order chi connectivity index (χ1) is 18.6. The summed E-state index contributed by atoms with van der Waals surface area (Å²) in [5.74, 6) is 1.45. The smallest absolute Gasteiger partial charge is 0.256 e. The molecule has 2 aromatic carbocycles. The number of hydrogen-bond donors (Lipinski definition) is 1. The Bertz CT molecular complexity index is 1030. The zero-order valence-electron chi connectivity index (χ0n) is 23.7. The van der Waals surface area contributed by atoms with E-state index in [0.29, 0.717) is 35.2 Å². The number of carbonyl (C=O) groups excluding carboxylic acids is 1. The molecule has 1 heterocycles. The largest absolute Gasteiger partial charge is 0.492 e. The lowest BCUT2D eigenvalue weighted by Gasteiger charge is -2.17. The van der Waals surface area contributed by atoms with Crippen LogP contribution < -0.4 is 10.1 Å². The number of amides is 1. The van der Waals surface area contributed by atoms with Crippen LogP contribution >= 0.6 is 40.3 Å². The normalized spacial score (nSPS) is 12.7. The van der Waals surface area contributed by atoms with E-state index in [-0.39, 0.29) is 22.9 Å². The highest BCUT2D eigenvalue weighted by Gasteiger charge is 2.16. The second-order valence-corrected chi connectivity index (χ2v) is 11.9. The average molecular weight is 638 g/mol. The van der Waals surface area contributed by atoms with Gasteiger partial charge in [0.15, 0.2) is 0 Å². The standard InChI is InChI=1S/C32H45ClN2O2S.BrH/c1-3-4-5-6-7-8-9-10-11-12-13-16-21-37-31-20-19-28(22-30(31)33)34-32(36)29-18-15-14-17-27(29)24-35-23-26(2)38-25-35;/h14-15,17-20,22-23H,3-13,16,21,24-25H2,1-2H3,(H,34,36);1H. The maximum Gasteiger partial charge on any atom is 0.256 e. The molecule has 3 rings (SSSR count). The topological polar surface area (TPSA) is 41.6 Å². The number of ether oxygens (including phenoxy) is 1. The van der Waals surface area contributed by atoms with Crippen LogP contribution in [0, 0.1) is 0 Å². The van der Waals surface area contributed by atoms with Crippen molar-refractivity contribution in [2.45, 2.75) is 97.4 Å². The lowest BCUT2D eigenvalue weighted by Crippen LogP contribution is -2.18. The molecule has 0 atom stereocenters. The maximum absolute atomic E-state index is 13.1. The Kier molecular flexibility index (Phi) is 16.7. The lowest BCUT2D eigenvalue weighted by atomic mass is 10.1. The first-order valence-electron chi connectivity index (χ1n) is 14.4. The molecule has 7 heteroatoms. The summed E-state index contributed by atoms with van der Waals surface area (Å²) in [7, 11) is 0. The van der Waals surface area contributed by atoms with Gasteiger partial charge in [-0.2, -0.15) is 0 Å². The van der Waals surface area contributed by atoms with Gasteiger partial charge in [-0.1, -0.05) is 107 Å². The van der Waals surface area contributed by atoms with E-state index in [1.54, 1.807) is 6.07 Å². The van der Waals surface area contributed by atoms with Crippen LogP contribution in [-0.4, -0.2) is 23.3 Å². The number of allylic oxidation sites excluding steroid dienone is 1. The van der Waals surface area contributed by atoms with Crippen molar-refractivity contribution in [2.75, 3.05) is 17.8 Å². The van der Waals surface area contributed by atoms with E-state index in [9.17, 15) is 4.79 Å². The Morgan fingerprint density at radius 2 is 1.59 bits per heavy atom. The van der Waals surface area contributed by atoms with Gasteiger partial charge in [0, 0.05) is 24.0 Å². The second-order valence-electron chi connectivity index (χ2n) is 10.3. The molecule has 1 N–H and O–H groups in total. The summed E-state index contributed by atoms with van der Waals surface area (Å²) in [5, 5.41) is 3.52. The summed E-state index contributed by atoms with van der Waals surface area (Å²) >= 11 is 8.30. The third kappa shape index (κ3) is 12.6. The van der Waals surface area contributed by atoms with Crippen LogP contribution in [0.1, 0.15) is 107 Å². The summed E-state index contributed by atoms with van der Waals surface area (Å²) in [5.41, 5.74) is 2.35. The fraction of sp³-hybridized carbons (Fsp3) is 0.531. The average Bonchev–Trinajstić information content (AvgIpc) is 3.32. The van der Waals surface area contributed by atoms with Crippen molar-refractivity contribution in [1.82, 2.24) is 4.90 Å². The van der Waals surface area contributed by atoms with Gasteiger partial charge >= 0.3 is 0 Å². The van der Waals surface area contributed by atoms with Gasteiger partial charge in [0.2, 0.25) is 0 Å². The van der Waals surface area contributed by atoms with Crippen molar-refractivity contribution in [3.63, 3.8) is 0 Å². The van der Waals surface area contributed by atoms with Gasteiger partial charge in [0.1, 0.15) is 5.75 Å². The number of nitrogens with zero attached hydrogens (tertiary/aromatic N) is 1. The third-order valence-corrected chi connectivity index (χ3v) is 8.22. The molecule has 1 amide bonds. The molecule has 0 unspecified atom stereocenters. The van der Waals surface area contributed by atoms with Crippen molar-refractivity contribution in [1.29, 1.82) is 0 Å². The molecule has 0 saturated carbocycles. The molecule has 0 radical (unpaired) electrons. The monoisotopic (exact) mass is 636 g/mol. The van der Waals surface area contributed by atoms with E-state index < -0.39 is 0 Å². The van der Waals surface area contributed by atoms with Crippen molar-refractivity contribution in [3.8, 4) is 5.75 Å². The summed E-state index contributed by atoms with van der Waals surface area (Å²) in [6.07, 6.45) is 18.0. The van der Waals surface area contributed by atoms with Crippen LogP contribution in [-0.2, 0) is 6.54 Å². The van der Waals surface area contributed by atoms with E-state index in [0.717, 1.165) is 17.9 Å². The van der Waals surface area contributed by atoms with Gasteiger partial charge in [-0.25, -0.2) is 0 Å². The van der Waals surface area contributed by atoms with E-state index in [1.807, 2.05) is 48.2 Å². The van der Waals surface area contributed by atoms with Crippen LogP contribution in [0.2, 0.25) is 5.02 Å². The molecule has 0 aliphatic carbocycles. The third-order valence-electron chi connectivity index (χ3n) is 6.90. The molecule has 1 aliphatic rings. The van der Waals surface area contributed by atoms with Crippen LogP contribution in [0.25, 0.3) is 0 Å². The zero-order valence-corrected chi connectivity index (χ0v) is 27.0. The Balaban J connectivity index is 0.00000533. The minimum Gasteiger partial charge on any atom is -0.492 e. The summed E-state index contributed by atoms with van der Waals surface area (Å²) < 4.78 is 5.92. The molecular formula is C32H46BrClN2O2S. The zero-order chi connectivity index (χ0) is 27.0. The van der Waals surface area contributed by atoms with Crippen LogP contribution in [0.5, 0.6) is 5.75 Å². The van der Waals surface area contributed by atoms with E-state index in [1.165, 1.54) is 75.5 Å². The lowest BCUT2D eigenvalue weighted by molar-refractivity contribution is 0.102. The molecule has 0 fully saturated rings. The molecule has 4 nitrogen and oxygen atoms in total. The molecule has 39 heavy (non-hydrogen) atoms. The van der Waals surface area contributed by atoms with Gasteiger partial charge in [0.05, 0.1) is 17.5 Å². The number of carbonyl (C=O) groups is 1. The summed E-state index contributed by atoms with van der Waals surface area (Å²) in [4.78, 5) is 16.6. The number of benzene rings is 2. The second kappa shape index (κ2) is 19.4. The number of thioether (sulfide) groups is 1. The SMILES string of the molecule is Br.CCCCCCCCCCCCCCOc1ccc(NC(=O)c2ccccc2CN2C=C(C)SC2)cc1Cl. The number of anilines is 1. The van der Waals surface area contributed by atoms with E-state index in [4.69, 9.17) is 16.3 Å². The number of rotatable bonds is 18. The number of unbranched alkanes of at least 4 members (excludes halogenated alkanes) is 11. The Hall–Kier alpha value is -1.63. The Morgan fingerprint density at radius 1 is 0.949 bits per heavy atom. The maximum atomic E-state index is 13.1. The molecule has 0 saturated heterocycles. The molecule has 2 aromatic rings. The highest BCUT2D eigenvalue weighted by molar-refractivity contribution is 8.93. The molecule has 0 bridgehead atoms. The molecule has 1 aliphatic heterocycles. The van der Waals surface area contributed by atoms with Gasteiger partial charge in [-0.3, -0.25) is 4.79 Å². The highest BCUT2D eigenvalue weighted by Crippen LogP contribution is 2.29. The molecular weight excluding hydrogens is 592 g/mol. The van der Waals surface area contributed by atoms with Crippen LogP contribution in [0.4, 0.5) is 5.69 Å². The number of halogens is 2. The summed E-state index contributed by atoms with van der Waals surface area (Å²) in [6, 6.07) is 13.2. The molecule has 0 aromatic heterocycles. The molecule has 216 valence electrons. The minimum atomic E-state index is -0.130. The Morgan fingerprint density at radius 3 is 2.21 bits per heavy atom. The van der Waals surface area contributed by atoms with Crippen molar-refractivity contribution < 1.29 is 9.53 Å². The van der Waals surface area contributed by atoms with Crippen molar-refractivity contribution >= 4 is 51.9 Å². The first-order valence-corrected chi connectivity index (χ1v) is 15.8. The van der Waals surface area contributed by atoms with Gasteiger partial charge in [-0.15, -0.1) is 28.7 Å². The Labute approximate surface area is 256 Å². The fourth-order valence-electron chi connectivity index (χ4n) is 4.73. The summed E-state index contributed by atoms with van der Waals surface area (Å²) in [6.45, 7) is 5.76. The minimum absolute atomic E-state index is 0. The quantitative estimate of drug-likeness (QED) is 0.165. The first kappa shape index (κ1) is 33.6. The van der Waals surface area contributed by atoms with Gasteiger partial charge < -0.3 is 15.0 Å². The number of hydrogen-bond acceptors (Lipinski definition) is 4. The van der Waals surface area contributed by atoms with E-state index in [2.05, 4.69) is 30.3 Å². The van der Waals surface area contributed by atoms with Crippen molar-refractivity contribution in [2.24, 2.45) is 0 Å². The van der Waals surface area contributed by atoms with E-state index >= 15 is 0 Å². The fourth-order valence-corrected chi connectivity index (χ4v) is 5.72. The van der Waals surface area contributed by atoms with Crippen molar-refractivity contribution in [3.05, 3.63) is 69.7 Å².